The molecule has 0 bridgehead atoms. The van der Waals surface area contributed by atoms with Gasteiger partial charge in [0, 0.05) is 5.56 Å². The molecule has 0 saturated carbocycles. The van der Waals surface area contributed by atoms with E-state index in [9.17, 15) is 0 Å². The molecular formula is C8H6O2. The Morgan fingerprint density at radius 3 is 3.00 bits per heavy atom. The van der Waals surface area contributed by atoms with Crippen LogP contribution in [0, 0.1) is 0 Å². The Hall–Kier alpha value is -1.02. The summed E-state index contributed by atoms with van der Waals surface area (Å²) in [7, 11) is 0. The second-order valence-electron chi connectivity index (χ2n) is 2.58. The number of epoxide rings is 1. The highest BCUT2D eigenvalue weighted by Gasteiger charge is 2.49. The third-order valence-electron chi connectivity index (χ3n) is 1.92. The highest BCUT2D eigenvalue weighted by atomic mass is 16.8. The Labute approximate surface area is 58.4 Å². The van der Waals surface area contributed by atoms with Gasteiger partial charge in [0.25, 0.3) is 0 Å². The van der Waals surface area contributed by atoms with Crippen LogP contribution >= 0.6 is 0 Å². The van der Waals surface area contributed by atoms with Crippen molar-refractivity contribution in [3.63, 3.8) is 0 Å². The van der Waals surface area contributed by atoms with Crippen LogP contribution in [0.5, 0.6) is 5.75 Å². The van der Waals surface area contributed by atoms with Gasteiger partial charge >= 0.3 is 0 Å². The first-order chi connectivity index (χ1) is 4.95. The lowest BCUT2D eigenvalue weighted by atomic mass is 10.2. The van der Waals surface area contributed by atoms with Gasteiger partial charge in [-0.25, -0.2) is 0 Å². The molecule has 0 radical (unpaired) electrons. The van der Waals surface area contributed by atoms with Crippen LogP contribution in [0.3, 0.4) is 0 Å². The summed E-state index contributed by atoms with van der Waals surface area (Å²) in [5, 5.41) is 0. The molecule has 2 atom stereocenters. The molecule has 1 aromatic rings. The summed E-state index contributed by atoms with van der Waals surface area (Å²) in [5.74, 6) is 0.990. The summed E-state index contributed by atoms with van der Waals surface area (Å²) in [6.45, 7) is 0. The fourth-order valence-corrected chi connectivity index (χ4v) is 1.36. The zero-order valence-corrected chi connectivity index (χ0v) is 5.28. The van der Waals surface area contributed by atoms with E-state index in [0.29, 0.717) is 0 Å². The number of hydrogen-bond donors (Lipinski definition) is 0. The Kier molecular flexibility index (Phi) is 0.640. The maximum absolute atomic E-state index is 5.36. The number of rotatable bonds is 0. The average molecular weight is 134 g/mol. The molecule has 50 valence electrons. The molecule has 0 N–H and O–H groups in total. The standard InChI is InChI=1S/C8H6O2/c1-2-4-6-5(3-1)7-8(9-6)10-7/h1-4,7-8H. The molecule has 0 spiro atoms. The van der Waals surface area contributed by atoms with Gasteiger partial charge in [-0.1, -0.05) is 18.2 Å². The Balaban J connectivity index is 2.22. The van der Waals surface area contributed by atoms with E-state index in [1.807, 2.05) is 24.3 Å². The lowest BCUT2D eigenvalue weighted by Gasteiger charge is -1.99. The molecule has 1 fully saturated rings. The lowest BCUT2D eigenvalue weighted by Crippen LogP contribution is -1.91. The normalized spacial score (nSPS) is 32.4. The van der Waals surface area contributed by atoms with Gasteiger partial charge in [0.1, 0.15) is 5.75 Å². The molecular weight excluding hydrogens is 128 g/mol. The van der Waals surface area contributed by atoms with Crippen LogP contribution in [0.2, 0.25) is 0 Å². The van der Waals surface area contributed by atoms with Gasteiger partial charge < -0.3 is 9.47 Å². The van der Waals surface area contributed by atoms with Gasteiger partial charge in [0.15, 0.2) is 6.10 Å². The number of benzene rings is 1. The average Bonchev–Trinajstić information content (AvgIpc) is 2.64. The quantitative estimate of drug-likeness (QED) is 0.501. The second-order valence-corrected chi connectivity index (χ2v) is 2.58. The predicted octanol–water partition coefficient (Wildman–Crippen LogP) is 1.48. The molecule has 2 aliphatic heterocycles. The van der Waals surface area contributed by atoms with Crippen molar-refractivity contribution in [1.29, 1.82) is 0 Å². The first-order valence-electron chi connectivity index (χ1n) is 3.36. The molecule has 2 nitrogen and oxygen atoms in total. The summed E-state index contributed by atoms with van der Waals surface area (Å²) in [5.41, 5.74) is 1.20. The van der Waals surface area contributed by atoms with E-state index in [-0.39, 0.29) is 12.4 Å². The molecule has 3 rings (SSSR count). The van der Waals surface area contributed by atoms with E-state index < -0.39 is 0 Å². The smallest absolute Gasteiger partial charge is 0.231 e. The third kappa shape index (κ3) is 0.434. The number of hydrogen-bond acceptors (Lipinski definition) is 2. The maximum Gasteiger partial charge on any atom is 0.231 e. The van der Waals surface area contributed by atoms with E-state index in [2.05, 4.69) is 0 Å². The van der Waals surface area contributed by atoms with Gasteiger partial charge in [-0.2, -0.15) is 0 Å². The van der Waals surface area contributed by atoms with Gasteiger partial charge in [-0.15, -0.1) is 0 Å². The fourth-order valence-electron chi connectivity index (χ4n) is 1.36. The van der Waals surface area contributed by atoms with Gasteiger partial charge in [0.05, 0.1) is 0 Å². The highest BCUT2D eigenvalue weighted by molar-refractivity contribution is 5.41. The topological polar surface area (TPSA) is 21.8 Å². The van der Waals surface area contributed by atoms with Crippen LogP contribution < -0.4 is 4.74 Å². The Bertz CT molecular complexity index is 282. The molecule has 0 aromatic heterocycles. The predicted molar refractivity (Wildman–Crippen MR) is 34.7 cm³/mol. The summed E-state index contributed by atoms with van der Waals surface area (Å²) in [4.78, 5) is 0. The Morgan fingerprint density at radius 1 is 1.20 bits per heavy atom. The minimum atomic E-state index is 0.0393. The monoisotopic (exact) mass is 134 g/mol. The van der Waals surface area contributed by atoms with Gasteiger partial charge in [0.2, 0.25) is 6.29 Å². The van der Waals surface area contributed by atoms with Crippen molar-refractivity contribution < 1.29 is 9.47 Å². The number of fused-ring (bicyclic) bond motifs is 3. The molecule has 2 heterocycles. The van der Waals surface area contributed by atoms with Crippen molar-refractivity contribution in [2.24, 2.45) is 0 Å². The summed E-state index contributed by atoms with van der Waals surface area (Å²) in [6.07, 6.45) is 0.286. The molecule has 0 amide bonds. The van der Waals surface area contributed by atoms with Crippen molar-refractivity contribution in [2.45, 2.75) is 12.4 Å². The minimum absolute atomic E-state index is 0.0393. The van der Waals surface area contributed by atoms with Crippen LogP contribution in [0.25, 0.3) is 0 Å². The maximum atomic E-state index is 5.36. The van der Waals surface area contributed by atoms with Crippen molar-refractivity contribution in [2.75, 3.05) is 0 Å². The van der Waals surface area contributed by atoms with Gasteiger partial charge in [-0.3, -0.25) is 0 Å². The van der Waals surface area contributed by atoms with Gasteiger partial charge in [-0.05, 0) is 6.07 Å². The van der Waals surface area contributed by atoms with Crippen LogP contribution in [0.15, 0.2) is 24.3 Å². The molecule has 0 aliphatic carbocycles. The lowest BCUT2D eigenvalue weighted by molar-refractivity contribution is 0.171. The third-order valence-corrected chi connectivity index (χ3v) is 1.92. The van der Waals surface area contributed by atoms with E-state index in [1.54, 1.807) is 0 Å². The molecule has 2 aliphatic rings. The van der Waals surface area contributed by atoms with Crippen molar-refractivity contribution in [3.8, 4) is 5.75 Å². The van der Waals surface area contributed by atoms with E-state index in [4.69, 9.17) is 9.47 Å². The number of para-hydroxylation sites is 1. The summed E-state index contributed by atoms with van der Waals surface area (Å²) >= 11 is 0. The molecule has 1 aromatic carbocycles. The first-order valence-corrected chi connectivity index (χ1v) is 3.36. The zero-order chi connectivity index (χ0) is 6.55. The molecule has 2 unspecified atom stereocenters. The molecule has 1 saturated heterocycles. The van der Waals surface area contributed by atoms with E-state index in [0.717, 1.165) is 5.75 Å². The highest BCUT2D eigenvalue weighted by Crippen LogP contribution is 2.50. The van der Waals surface area contributed by atoms with E-state index in [1.165, 1.54) is 5.56 Å². The Morgan fingerprint density at radius 2 is 2.10 bits per heavy atom. The van der Waals surface area contributed by atoms with Crippen LogP contribution in [-0.2, 0) is 4.74 Å². The van der Waals surface area contributed by atoms with Crippen molar-refractivity contribution in [1.82, 2.24) is 0 Å². The second kappa shape index (κ2) is 1.35. The largest absolute Gasteiger partial charge is 0.461 e. The van der Waals surface area contributed by atoms with Crippen molar-refractivity contribution >= 4 is 0 Å². The van der Waals surface area contributed by atoms with Crippen molar-refractivity contribution in [3.05, 3.63) is 29.8 Å². The SMILES string of the molecule is c1ccc2c(c1)OC1OC21. The zero-order valence-electron chi connectivity index (χ0n) is 5.28. The number of ether oxygens (including phenoxy) is 2. The van der Waals surface area contributed by atoms with Crippen LogP contribution in [0.1, 0.15) is 11.7 Å². The first kappa shape index (κ1) is 4.74. The van der Waals surface area contributed by atoms with E-state index >= 15 is 0 Å². The fraction of sp³-hybridized carbons (Fsp3) is 0.250. The minimum Gasteiger partial charge on any atom is -0.461 e. The molecule has 10 heavy (non-hydrogen) atoms. The van der Waals surface area contributed by atoms with Crippen LogP contribution in [0.4, 0.5) is 0 Å². The van der Waals surface area contributed by atoms with Crippen LogP contribution in [-0.4, -0.2) is 6.29 Å². The molecule has 2 heteroatoms. The summed E-state index contributed by atoms with van der Waals surface area (Å²) in [6, 6.07) is 8.01. The summed E-state index contributed by atoms with van der Waals surface area (Å²) < 4.78 is 10.5.